The van der Waals surface area contributed by atoms with E-state index in [9.17, 15) is 8.42 Å². The molecule has 3 rings (SSSR count). The summed E-state index contributed by atoms with van der Waals surface area (Å²) < 4.78 is 22.5. The highest BCUT2D eigenvalue weighted by atomic mass is 32.2. The van der Waals surface area contributed by atoms with Crippen LogP contribution in [0.2, 0.25) is 0 Å². The highest BCUT2D eigenvalue weighted by Gasteiger charge is 2.48. The van der Waals surface area contributed by atoms with Crippen molar-refractivity contribution in [1.29, 1.82) is 0 Å². The second kappa shape index (κ2) is 3.45. The molecule has 4 heteroatoms. The molecule has 88 valence electrons. The number of nitrogens with two attached hydrogens (primary N) is 1. The summed E-state index contributed by atoms with van der Waals surface area (Å²) in [5.41, 5.74) is 0. The minimum Gasteiger partial charge on any atom is -0.228 e. The summed E-state index contributed by atoms with van der Waals surface area (Å²) in [6.07, 6.45) is 6.06. The van der Waals surface area contributed by atoms with E-state index in [0.717, 1.165) is 12.3 Å². The van der Waals surface area contributed by atoms with Gasteiger partial charge in [0.1, 0.15) is 0 Å². The molecule has 0 heterocycles. The van der Waals surface area contributed by atoms with Crippen LogP contribution in [0.25, 0.3) is 0 Å². The maximum Gasteiger partial charge on any atom is 0.214 e. The first-order chi connectivity index (χ1) is 6.82. The van der Waals surface area contributed by atoms with Gasteiger partial charge in [0.15, 0.2) is 0 Å². The Kier molecular flexibility index (Phi) is 2.62. The Labute approximate surface area is 92.5 Å². The first-order valence-electron chi connectivity index (χ1n) is 5.84. The second-order valence-corrected chi connectivity index (χ2v) is 7.91. The van der Waals surface area contributed by atoms with E-state index >= 15 is 0 Å². The SMILES string of the molecule is CC(C)(C1CC2CCC1CC2)S(N)(=O)=O. The Morgan fingerprint density at radius 1 is 1.13 bits per heavy atom. The van der Waals surface area contributed by atoms with Gasteiger partial charge in [-0.2, -0.15) is 0 Å². The molecular formula is C11H21NO2S. The van der Waals surface area contributed by atoms with Crippen molar-refractivity contribution in [1.82, 2.24) is 0 Å². The Bertz CT molecular complexity index is 340. The summed E-state index contributed by atoms with van der Waals surface area (Å²) in [7, 11) is -3.42. The lowest BCUT2D eigenvalue weighted by atomic mass is 9.61. The molecular weight excluding hydrogens is 210 g/mol. The molecule has 3 aliphatic carbocycles. The van der Waals surface area contributed by atoms with Crippen LogP contribution in [0.15, 0.2) is 0 Å². The fourth-order valence-corrected chi connectivity index (χ4v) is 4.15. The van der Waals surface area contributed by atoms with Crippen LogP contribution in [0.3, 0.4) is 0 Å². The van der Waals surface area contributed by atoms with Crippen molar-refractivity contribution < 1.29 is 8.42 Å². The standard InChI is InChI=1S/C11H21NO2S/c1-11(2,15(12,13)14)10-7-8-3-5-9(10)6-4-8/h8-10H,3-7H2,1-2H3,(H2,12,13,14). The molecule has 3 saturated carbocycles. The predicted octanol–water partition coefficient (Wildman–Crippen LogP) is 1.88. The van der Waals surface area contributed by atoms with Gasteiger partial charge in [-0.15, -0.1) is 0 Å². The van der Waals surface area contributed by atoms with Crippen LogP contribution < -0.4 is 5.14 Å². The molecule has 0 saturated heterocycles. The lowest BCUT2D eigenvalue weighted by Crippen LogP contribution is -2.50. The fourth-order valence-electron chi connectivity index (χ4n) is 3.44. The smallest absolute Gasteiger partial charge is 0.214 e. The van der Waals surface area contributed by atoms with Gasteiger partial charge in [-0.25, -0.2) is 13.6 Å². The van der Waals surface area contributed by atoms with Crippen LogP contribution in [0, 0.1) is 17.8 Å². The molecule has 3 fully saturated rings. The molecule has 3 nitrogen and oxygen atoms in total. The van der Waals surface area contributed by atoms with Crippen molar-refractivity contribution in [2.75, 3.05) is 0 Å². The zero-order chi connectivity index (χ0) is 11.3. The third kappa shape index (κ3) is 1.82. The van der Waals surface area contributed by atoms with Gasteiger partial charge in [0.05, 0.1) is 4.75 Å². The quantitative estimate of drug-likeness (QED) is 0.788. The van der Waals surface area contributed by atoms with Gasteiger partial charge in [-0.1, -0.05) is 12.8 Å². The summed E-state index contributed by atoms with van der Waals surface area (Å²) >= 11 is 0. The van der Waals surface area contributed by atoms with Gasteiger partial charge in [-0.3, -0.25) is 0 Å². The maximum atomic E-state index is 11.6. The lowest BCUT2D eigenvalue weighted by Gasteiger charge is -2.48. The molecule has 0 aromatic rings. The maximum absolute atomic E-state index is 11.6. The van der Waals surface area contributed by atoms with E-state index < -0.39 is 14.8 Å². The molecule has 0 aromatic carbocycles. The van der Waals surface area contributed by atoms with Crippen LogP contribution in [0.1, 0.15) is 46.0 Å². The molecule has 1 atom stereocenters. The van der Waals surface area contributed by atoms with E-state index in [1.165, 1.54) is 25.7 Å². The first kappa shape index (κ1) is 11.4. The second-order valence-electron chi connectivity index (χ2n) is 5.77. The van der Waals surface area contributed by atoms with Crippen molar-refractivity contribution in [2.45, 2.75) is 50.7 Å². The summed E-state index contributed by atoms with van der Waals surface area (Å²) in [6.45, 7) is 3.60. The van der Waals surface area contributed by atoms with Crippen LogP contribution in [-0.2, 0) is 10.0 Å². The Hall–Kier alpha value is -0.0900. The molecule has 0 spiro atoms. The van der Waals surface area contributed by atoms with E-state index in [1.807, 2.05) is 0 Å². The summed E-state index contributed by atoms with van der Waals surface area (Å²) in [6, 6.07) is 0. The number of rotatable bonds is 2. The molecule has 3 aliphatic rings. The van der Waals surface area contributed by atoms with Crippen LogP contribution in [-0.4, -0.2) is 13.2 Å². The molecule has 15 heavy (non-hydrogen) atoms. The summed E-state index contributed by atoms with van der Waals surface area (Å²) in [5, 5.41) is 5.35. The monoisotopic (exact) mass is 231 g/mol. The lowest BCUT2D eigenvalue weighted by molar-refractivity contribution is 0.0763. The highest BCUT2D eigenvalue weighted by molar-refractivity contribution is 7.90. The summed E-state index contributed by atoms with van der Waals surface area (Å²) in [4.78, 5) is 0. The van der Waals surface area contributed by atoms with Crippen LogP contribution in [0.4, 0.5) is 0 Å². The van der Waals surface area contributed by atoms with Crippen molar-refractivity contribution in [3.8, 4) is 0 Å². The molecule has 2 N–H and O–H groups in total. The van der Waals surface area contributed by atoms with E-state index in [-0.39, 0.29) is 5.92 Å². The topological polar surface area (TPSA) is 60.2 Å². The van der Waals surface area contributed by atoms with Crippen molar-refractivity contribution >= 4 is 10.0 Å². The Morgan fingerprint density at radius 3 is 2.00 bits per heavy atom. The molecule has 0 aromatic heterocycles. The van der Waals surface area contributed by atoms with Gasteiger partial charge in [0, 0.05) is 0 Å². The normalized spacial score (nSPS) is 36.9. The van der Waals surface area contributed by atoms with Gasteiger partial charge in [-0.05, 0) is 50.9 Å². The number of hydrogen-bond acceptors (Lipinski definition) is 2. The van der Waals surface area contributed by atoms with Gasteiger partial charge >= 0.3 is 0 Å². The number of hydrogen-bond donors (Lipinski definition) is 1. The highest BCUT2D eigenvalue weighted by Crippen LogP contribution is 2.50. The zero-order valence-electron chi connectivity index (χ0n) is 9.57. The largest absolute Gasteiger partial charge is 0.228 e. The molecule has 1 unspecified atom stereocenters. The summed E-state index contributed by atoms with van der Waals surface area (Å²) in [5.74, 6) is 1.62. The van der Waals surface area contributed by atoms with Gasteiger partial charge in [0.2, 0.25) is 10.0 Å². The van der Waals surface area contributed by atoms with Crippen molar-refractivity contribution in [2.24, 2.45) is 22.9 Å². The van der Waals surface area contributed by atoms with Crippen LogP contribution in [0.5, 0.6) is 0 Å². The van der Waals surface area contributed by atoms with E-state index in [2.05, 4.69) is 0 Å². The fraction of sp³-hybridized carbons (Fsp3) is 1.00. The van der Waals surface area contributed by atoms with E-state index in [4.69, 9.17) is 5.14 Å². The average molecular weight is 231 g/mol. The zero-order valence-corrected chi connectivity index (χ0v) is 10.4. The van der Waals surface area contributed by atoms with Crippen LogP contribution >= 0.6 is 0 Å². The third-order valence-corrected chi connectivity index (χ3v) is 6.44. The first-order valence-corrected chi connectivity index (χ1v) is 7.39. The van der Waals surface area contributed by atoms with Crippen molar-refractivity contribution in [3.63, 3.8) is 0 Å². The molecule has 0 amide bonds. The van der Waals surface area contributed by atoms with E-state index in [0.29, 0.717) is 5.92 Å². The molecule has 0 aliphatic heterocycles. The molecule has 0 radical (unpaired) electrons. The Balaban J connectivity index is 2.25. The van der Waals surface area contributed by atoms with E-state index in [1.54, 1.807) is 13.8 Å². The molecule has 2 bridgehead atoms. The minimum absolute atomic E-state index is 0.278. The third-order valence-electron chi connectivity index (χ3n) is 4.67. The number of primary sulfonamides is 1. The average Bonchev–Trinajstić information content (AvgIpc) is 2.17. The minimum atomic E-state index is -3.42. The Morgan fingerprint density at radius 2 is 1.67 bits per heavy atom. The number of fused-ring (bicyclic) bond motifs is 3. The predicted molar refractivity (Wildman–Crippen MR) is 60.7 cm³/mol. The number of sulfonamides is 1. The van der Waals surface area contributed by atoms with Gasteiger partial charge < -0.3 is 0 Å². The van der Waals surface area contributed by atoms with Gasteiger partial charge in [0.25, 0.3) is 0 Å². The van der Waals surface area contributed by atoms with Crippen molar-refractivity contribution in [3.05, 3.63) is 0 Å².